The molecule has 2 aliphatic rings. The van der Waals surface area contributed by atoms with Crippen LogP contribution in [0.2, 0.25) is 0 Å². The van der Waals surface area contributed by atoms with Gasteiger partial charge in [-0.15, -0.1) is 0 Å². The van der Waals surface area contributed by atoms with Crippen molar-refractivity contribution >= 4 is 27.8 Å². The predicted molar refractivity (Wildman–Crippen MR) is 129 cm³/mol. The van der Waals surface area contributed by atoms with Crippen LogP contribution in [0.25, 0.3) is 32.9 Å². The van der Waals surface area contributed by atoms with E-state index in [0.717, 1.165) is 74.3 Å². The number of aryl methyl sites for hydroxylation is 2. The molecule has 0 radical (unpaired) electrons. The van der Waals surface area contributed by atoms with Crippen LogP contribution in [0, 0.1) is 12.8 Å². The highest BCUT2D eigenvalue weighted by atomic mass is 16.5. The van der Waals surface area contributed by atoms with E-state index in [9.17, 15) is 9.90 Å². The van der Waals surface area contributed by atoms with Gasteiger partial charge >= 0.3 is 5.97 Å². The normalized spacial score (nSPS) is 15.1. The lowest BCUT2D eigenvalue weighted by molar-refractivity contribution is -0.136. The molecule has 1 aliphatic carbocycles. The Hall–Kier alpha value is -3.47. The molecule has 2 aromatic heterocycles. The third kappa shape index (κ3) is 3.62. The summed E-state index contributed by atoms with van der Waals surface area (Å²) in [6.07, 6.45) is 7.53. The number of aliphatic carboxylic acids is 1. The van der Waals surface area contributed by atoms with E-state index in [1.54, 1.807) is 0 Å². The molecule has 0 unspecified atom stereocenters. The fraction of sp³-hybridized carbons (Fsp3) is 0.321. The zero-order chi connectivity index (χ0) is 22.5. The van der Waals surface area contributed by atoms with Crippen LogP contribution in [0.4, 0.5) is 0 Å². The number of rotatable bonds is 6. The monoisotopic (exact) mass is 438 g/mol. The van der Waals surface area contributed by atoms with Gasteiger partial charge in [0.05, 0.1) is 24.1 Å². The number of aromatic nitrogens is 2. The fourth-order valence-electron chi connectivity index (χ4n) is 5.18. The summed E-state index contributed by atoms with van der Waals surface area (Å²) in [4.78, 5) is 21.6. The van der Waals surface area contributed by atoms with Gasteiger partial charge in [-0.2, -0.15) is 0 Å². The Morgan fingerprint density at radius 2 is 2.06 bits per heavy atom. The number of ether oxygens (including phenoxy) is 1. The molecular weight excluding hydrogens is 412 g/mol. The summed E-state index contributed by atoms with van der Waals surface area (Å²) < 4.78 is 5.91. The van der Waals surface area contributed by atoms with Crippen molar-refractivity contribution < 1.29 is 14.6 Å². The highest BCUT2D eigenvalue weighted by molar-refractivity contribution is 6.07. The zero-order valence-corrected chi connectivity index (χ0v) is 18.7. The second-order valence-corrected chi connectivity index (χ2v) is 9.37. The van der Waals surface area contributed by atoms with Crippen molar-refractivity contribution in [1.82, 2.24) is 9.97 Å². The maximum Gasteiger partial charge on any atom is 0.307 e. The Bertz CT molecular complexity index is 1410. The number of carboxylic acids is 1. The van der Waals surface area contributed by atoms with E-state index in [1.807, 2.05) is 31.3 Å². The van der Waals surface area contributed by atoms with E-state index in [2.05, 4.69) is 18.2 Å². The summed E-state index contributed by atoms with van der Waals surface area (Å²) in [6.45, 7) is 2.65. The van der Waals surface area contributed by atoms with Gasteiger partial charge in [-0.1, -0.05) is 18.9 Å². The molecular formula is C28H26N2O3. The standard InChI is InChI=1S/C28H26N2O3/c1-16-14-23-20(7-6-19(30-23)5-4-17-2-3-17)27(22(16)15-25(31)32)21-8-9-24-26-18(11-13-33-24)10-12-29-28(21)26/h6-10,12,14,17H,2-5,11,13,15H2,1H3,(H,31,32). The molecule has 6 rings (SSSR count). The molecule has 1 N–H and O–H groups in total. The van der Waals surface area contributed by atoms with Gasteiger partial charge in [0.2, 0.25) is 0 Å². The van der Waals surface area contributed by atoms with Gasteiger partial charge in [0.1, 0.15) is 5.75 Å². The Kier molecular flexibility index (Phi) is 4.79. The lowest BCUT2D eigenvalue weighted by atomic mass is 9.87. The summed E-state index contributed by atoms with van der Waals surface area (Å²) >= 11 is 0. The van der Waals surface area contributed by atoms with E-state index in [0.29, 0.717) is 6.61 Å². The van der Waals surface area contributed by atoms with E-state index >= 15 is 0 Å². The molecule has 5 nitrogen and oxygen atoms in total. The number of nitrogens with zero attached hydrogens (tertiary/aromatic N) is 2. The van der Waals surface area contributed by atoms with Crippen LogP contribution in [0.15, 0.2) is 42.6 Å². The molecule has 0 bridgehead atoms. The van der Waals surface area contributed by atoms with Crippen LogP contribution >= 0.6 is 0 Å². The number of carboxylic acid groups (broad SMARTS) is 1. The highest BCUT2D eigenvalue weighted by Gasteiger charge is 2.23. The van der Waals surface area contributed by atoms with Gasteiger partial charge in [-0.25, -0.2) is 0 Å². The summed E-state index contributed by atoms with van der Waals surface area (Å²) in [5.74, 6) is 0.871. The molecule has 1 fully saturated rings. The van der Waals surface area contributed by atoms with Crippen molar-refractivity contribution in [3.05, 3.63) is 65.0 Å². The van der Waals surface area contributed by atoms with E-state index in [-0.39, 0.29) is 6.42 Å². The quantitative estimate of drug-likeness (QED) is 0.420. The third-order valence-corrected chi connectivity index (χ3v) is 7.05. The second kappa shape index (κ2) is 7.84. The number of carbonyl (C=O) groups is 1. The maximum absolute atomic E-state index is 11.8. The molecule has 0 amide bonds. The topological polar surface area (TPSA) is 72.3 Å². The lowest BCUT2D eigenvalue weighted by Crippen LogP contribution is -2.10. The van der Waals surface area contributed by atoms with Crippen LogP contribution in [0.5, 0.6) is 5.75 Å². The average molecular weight is 439 g/mol. The smallest absolute Gasteiger partial charge is 0.307 e. The predicted octanol–water partition coefficient (Wildman–Crippen LogP) is 5.66. The van der Waals surface area contributed by atoms with Gasteiger partial charge < -0.3 is 9.84 Å². The Morgan fingerprint density at radius 3 is 2.88 bits per heavy atom. The molecule has 0 spiro atoms. The summed E-state index contributed by atoms with van der Waals surface area (Å²) in [5, 5.41) is 11.7. The van der Waals surface area contributed by atoms with E-state index < -0.39 is 5.97 Å². The van der Waals surface area contributed by atoms with Crippen LogP contribution in [0.3, 0.4) is 0 Å². The van der Waals surface area contributed by atoms with Crippen LogP contribution in [-0.2, 0) is 24.1 Å². The minimum absolute atomic E-state index is 0.0417. The van der Waals surface area contributed by atoms with Crippen molar-refractivity contribution in [2.75, 3.05) is 6.61 Å². The molecule has 3 heterocycles. The minimum Gasteiger partial charge on any atom is -0.493 e. The minimum atomic E-state index is -0.841. The molecule has 1 aliphatic heterocycles. The first-order chi connectivity index (χ1) is 16.1. The van der Waals surface area contributed by atoms with Gasteiger partial charge in [-0.05, 0) is 78.3 Å². The van der Waals surface area contributed by atoms with E-state index in [4.69, 9.17) is 14.7 Å². The molecule has 33 heavy (non-hydrogen) atoms. The number of hydrogen-bond acceptors (Lipinski definition) is 4. The van der Waals surface area contributed by atoms with Crippen LogP contribution < -0.4 is 4.74 Å². The number of fused-ring (bicyclic) bond motifs is 1. The molecule has 0 atom stereocenters. The number of pyridine rings is 2. The van der Waals surface area contributed by atoms with Crippen LogP contribution in [-0.4, -0.2) is 27.7 Å². The lowest BCUT2D eigenvalue weighted by Gasteiger charge is -2.21. The highest BCUT2D eigenvalue weighted by Crippen LogP contribution is 2.42. The van der Waals surface area contributed by atoms with Crippen molar-refractivity contribution in [2.24, 2.45) is 5.92 Å². The Balaban J connectivity index is 1.60. The summed E-state index contributed by atoms with van der Waals surface area (Å²) in [6, 6.07) is 12.3. The summed E-state index contributed by atoms with van der Waals surface area (Å²) in [7, 11) is 0. The largest absolute Gasteiger partial charge is 0.493 e. The van der Waals surface area contributed by atoms with Crippen molar-refractivity contribution in [3.8, 4) is 16.9 Å². The molecule has 5 heteroatoms. The first-order valence-electron chi connectivity index (χ1n) is 11.8. The number of benzene rings is 2. The van der Waals surface area contributed by atoms with Crippen LogP contribution in [0.1, 0.15) is 41.6 Å². The number of hydrogen-bond donors (Lipinski definition) is 1. The van der Waals surface area contributed by atoms with Gasteiger partial charge in [0, 0.05) is 34.6 Å². The van der Waals surface area contributed by atoms with E-state index in [1.165, 1.54) is 24.8 Å². The maximum atomic E-state index is 11.8. The molecule has 4 aromatic rings. The van der Waals surface area contributed by atoms with Gasteiger partial charge in [-0.3, -0.25) is 14.8 Å². The van der Waals surface area contributed by atoms with Gasteiger partial charge in [0.15, 0.2) is 0 Å². The third-order valence-electron chi connectivity index (χ3n) is 7.05. The molecule has 2 aromatic carbocycles. The molecule has 1 saturated carbocycles. The SMILES string of the molecule is Cc1cc2nc(CCC3CC3)ccc2c(-c2ccc3c4c(ccnc24)CCO3)c1CC(=O)O. The van der Waals surface area contributed by atoms with Crippen molar-refractivity contribution in [2.45, 2.75) is 45.4 Å². The fourth-order valence-corrected chi connectivity index (χ4v) is 5.18. The summed E-state index contributed by atoms with van der Waals surface area (Å²) in [5.41, 5.74) is 7.75. The first kappa shape index (κ1) is 20.2. The Labute approximate surface area is 192 Å². The second-order valence-electron chi connectivity index (χ2n) is 9.37. The zero-order valence-electron chi connectivity index (χ0n) is 18.7. The first-order valence-corrected chi connectivity index (χ1v) is 11.8. The Morgan fingerprint density at radius 1 is 1.18 bits per heavy atom. The average Bonchev–Trinajstić information content (AvgIpc) is 3.64. The molecule has 0 saturated heterocycles. The van der Waals surface area contributed by atoms with Gasteiger partial charge in [0.25, 0.3) is 0 Å². The van der Waals surface area contributed by atoms with Crippen molar-refractivity contribution in [3.63, 3.8) is 0 Å². The van der Waals surface area contributed by atoms with Crippen molar-refractivity contribution in [1.29, 1.82) is 0 Å². The molecule has 166 valence electrons.